The van der Waals surface area contributed by atoms with Gasteiger partial charge in [-0.3, -0.25) is 0 Å². The van der Waals surface area contributed by atoms with Crippen LogP contribution in [0.15, 0.2) is 66.9 Å². The molecule has 0 aliphatic rings. The number of hydrogen-bond acceptors (Lipinski definition) is 1. The first-order valence-corrected chi connectivity index (χ1v) is 8.97. The topological polar surface area (TPSA) is 14.2 Å². The molecule has 0 aliphatic carbocycles. The molecule has 0 saturated heterocycles. The summed E-state index contributed by atoms with van der Waals surface area (Å²) in [5.41, 5.74) is 3.76. The molecule has 0 radical (unpaired) electrons. The van der Waals surface area contributed by atoms with E-state index in [1.165, 1.54) is 39.2 Å². The van der Waals surface area contributed by atoms with Gasteiger partial charge >= 0.3 is 0 Å². The first-order chi connectivity index (χ1) is 12.3. The van der Waals surface area contributed by atoms with Crippen LogP contribution in [0.3, 0.4) is 0 Å². The van der Waals surface area contributed by atoms with Gasteiger partial charge in [0.1, 0.15) is 5.75 Å². The molecule has 0 fully saturated rings. The molecule has 0 saturated carbocycles. The Bertz CT molecular complexity index is 1020. The summed E-state index contributed by atoms with van der Waals surface area (Å²) in [6.45, 7) is 3.24. The van der Waals surface area contributed by atoms with Crippen LogP contribution in [0.1, 0.15) is 19.8 Å². The third-order valence-electron chi connectivity index (χ3n) is 4.91. The average Bonchev–Trinajstić information content (AvgIpc) is 3.04. The summed E-state index contributed by atoms with van der Waals surface area (Å²) in [6, 6.07) is 21.5. The van der Waals surface area contributed by atoms with Crippen LogP contribution in [0.5, 0.6) is 5.75 Å². The molecule has 0 spiro atoms. The van der Waals surface area contributed by atoms with Crippen molar-refractivity contribution >= 4 is 21.7 Å². The molecule has 126 valence electrons. The van der Waals surface area contributed by atoms with Gasteiger partial charge < -0.3 is 9.30 Å². The Kier molecular flexibility index (Phi) is 4.19. The second-order valence-electron chi connectivity index (χ2n) is 6.47. The lowest BCUT2D eigenvalue weighted by Crippen LogP contribution is -1.97. The number of fused-ring (bicyclic) bond motifs is 2. The Morgan fingerprint density at radius 1 is 0.840 bits per heavy atom. The molecule has 0 N–H and O–H groups in total. The maximum atomic E-state index is 5.66. The Balaban J connectivity index is 2.01. The number of methoxy groups -OCH3 is 1. The van der Waals surface area contributed by atoms with Crippen LogP contribution in [0.25, 0.3) is 32.8 Å². The van der Waals surface area contributed by atoms with Crippen molar-refractivity contribution in [2.24, 2.45) is 0 Å². The predicted molar refractivity (Wildman–Crippen MR) is 106 cm³/mol. The minimum absolute atomic E-state index is 0.945. The molecule has 4 rings (SSSR count). The third kappa shape index (κ3) is 2.68. The highest BCUT2D eigenvalue weighted by molar-refractivity contribution is 6.06. The number of hydrogen-bond donors (Lipinski definition) is 0. The van der Waals surface area contributed by atoms with Gasteiger partial charge in [0.15, 0.2) is 0 Å². The number of aromatic nitrogens is 1. The van der Waals surface area contributed by atoms with Crippen LogP contribution < -0.4 is 4.74 Å². The largest absolute Gasteiger partial charge is 0.495 e. The highest BCUT2D eigenvalue weighted by atomic mass is 16.5. The van der Waals surface area contributed by atoms with Crippen molar-refractivity contribution in [3.05, 3.63) is 66.9 Å². The highest BCUT2D eigenvalue weighted by Crippen LogP contribution is 2.38. The average molecular weight is 329 g/mol. The summed E-state index contributed by atoms with van der Waals surface area (Å²) >= 11 is 0. The van der Waals surface area contributed by atoms with E-state index in [0.29, 0.717) is 0 Å². The van der Waals surface area contributed by atoms with E-state index in [2.05, 4.69) is 78.4 Å². The van der Waals surface area contributed by atoms with Gasteiger partial charge in [0, 0.05) is 23.7 Å². The number of para-hydroxylation sites is 1. The molecule has 3 aromatic carbocycles. The van der Waals surface area contributed by atoms with E-state index < -0.39 is 0 Å². The van der Waals surface area contributed by atoms with Crippen molar-refractivity contribution in [2.45, 2.75) is 26.3 Å². The molecule has 0 unspecified atom stereocenters. The lowest BCUT2D eigenvalue weighted by Gasteiger charge is -2.08. The van der Waals surface area contributed by atoms with Crippen molar-refractivity contribution in [1.82, 2.24) is 4.57 Å². The van der Waals surface area contributed by atoms with Crippen molar-refractivity contribution in [2.75, 3.05) is 7.11 Å². The minimum atomic E-state index is 0.945. The molecule has 0 bridgehead atoms. The molecular weight excluding hydrogens is 306 g/mol. The normalized spacial score (nSPS) is 11.3. The SMILES string of the molecule is CCCCn1cc(-c2cccc3ccccc23)c2cccc(OC)c21. The van der Waals surface area contributed by atoms with Crippen molar-refractivity contribution in [3.8, 4) is 16.9 Å². The fourth-order valence-corrected chi connectivity index (χ4v) is 3.67. The van der Waals surface area contributed by atoms with E-state index in [1.54, 1.807) is 7.11 Å². The second-order valence-corrected chi connectivity index (χ2v) is 6.47. The van der Waals surface area contributed by atoms with Gasteiger partial charge in [-0.05, 0) is 28.8 Å². The molecular formula is C23H23NO. The zero-order chi connectivity index (χ0) is 17.2. The summed E-state index contributed by atoms with van der Waals surface area (Å²) in [6.07, 6.45) is 4.64. The van der Waals surface area contributed by atoms with Crippen LogP contribution in [-0.2, 0) is 6.54 Å². The second kappa shape index (κ2) is 6.64. The van der Waals surface area contributed by atoms with E-state index in [1.807, 2.05) is 0 Å². The summed E-state index contributed by atoms with van der Waals surface area (Å²) in [7, 11) is 1.75. The number of aryl methyl sites for hydroxylation is 1. The third-order valence-corrected chi connectivity index (χ3v) is 4.91. The predicted octanol–water partition coefficient (Wildman–Crippen LogP) is 6.27. The number of nitrogens with zero attached hydrogens (tertiary/aromatic N) is 1. The molecule has 1 aromatic heterocycles. The van der Waals surface area contributed by atoms with Gasteiger partial charge in [0.2, 0.25) is 0 Å². The molecule has 1 heterocycles. The maximum absolute atomic E-state index is 5.66. The fraction of sp³-hybridized carbons (Fsp3) is 0.217. The Morgan fingerprint density at radius 3 is 2.44 bits per heavy atom. The van der Waals surface area contributed by atoms with E-state index >= 15 is 0 Å². The quantitative estimate of drug-likeness (QED) is 0.421. The summed E-state index contributed by atoms with van der Waals surface area (Å²) in [5, 5.41) is 3.83. The van der Waals surface area contributed by atoms with Gasteiger partial charge in [-0.15, -0.1) is 0 Å². The Morgan fingerprint density at radius 2 is 1.60 bits per heavy atom. The monoisotopic (exact) mass is 329 g/mol. The Hall–Kier alpha value is -2.74. The van der Waals surface area contributed by atoms with Crippen LogP contribution in [0.2, 0.25) is 0 Å². The zero-order valence-electron chi connectivity index (χ0n) is 14.8. The van der Waals surface area contributed by atoms with Crippen molar-refractivity contribution in [1.29, 1.82) is 0 Å². The van der Waals surface area contributed by atoms with E-state index in [9.17, 15) is 0 Å². The van der Waals surface area contributed by atoms with Gasteiger partial charge in [0.25, 0.3) is 0 Å². The van der Waals surface area contributed by atoms with Crippen LogP contribution in [0, 0.1) is 0 Å². The zero-order valence-corrected chi connectivity index (χ0v) is 14.8. The summed E-state index contributed by atoms with van der Waals surface area (Å²) < 4.78 is 8.02. The number of benzene rings is 3. The van der Waals surface area contributed by atoms with Gasteiger partial charge in [0.05, 0.1) is 12.6 Å². The molecule has 2 heteroatoms. The van der Waals surface area contributed by atoms with Crippen molar-refractivity contribution in [3.63, 3.8) is 0 Å². The van der Waals surface area contributed by atoms with Gasteiger partial charge in [-0.1, -0.05) is 67.9 Å². The Labute approximate surface area is 148 Å². The van der Waals surface area contributed by atoms with Crippen LogP contribution >= 0.6 is 0 Å². The summed E-state index contributed by atoms with van der Waals surface area (Å²) in [5.74, 6) is 0.945. The lowest BCUT2D eigenvalue weighted by atomic mass is 9.98. The smallest absolute Gasteiger partial charge is 0.143 e. The number of ether oxygens (including phenoxy) is 1. The van der Waals surface area contributed by atoms with Crippen LogP contribution in [-0.4, -0.2) is 11.7 Å². The van der Waals surface area contributed by atoms with Crippen molar-refractivity contribution < 1.29 is 4.74 Å². The lowest BCUT2D eigenvalue weighted by molar-refractivity contribution is 0.417. The number of unbranched alkanes of at least 4 members (excludes halogenated alkanes) is 1. The molecule has 2 nitrogen and oxygen atoms in total. The maximum Gasteiger partial charge on any atom is 0.143 e. The molecule has 25 heavy (non-hydrogen) atoms. The molecule has 4 aromatic rings. The first kappa shape index (κ1) is 15.8. The molecule has 0 aliphatic heterocycles. The van der Waals surface area contributed by atoms with E-state index in [0.717, 1.165) is 18.7 Å². The van der Waals surface area contributed by atoms with Gasteiger partial charge in [-0.2, -0.15) is 0 Å². The fourth-order valence-electron chi connectivity index (χ4n) is 3.67. The standard InChI is InChI=1S/C23H23NO/c1-3-4-15-24-16-21(20-13-8-14-22(25-2)23(20)24)19-12-7-10-17-9-5-6-11-18(17)19/h5-14,16H,3-4,15H2,1-2H3. The molecule has 0 atom stereocenters. The minimum Gasteiger partial charge on any atom is -0.495 e. The van der Waals surface area contributed by atoms with E-state index in [4.69, 9.17) is 4.74 Å². The first-order valence-electron chi connectivity index (χ1n) is 8.97. The van der Waals surface area contributed by atoms with Gasteiger partial charge in [-0.25, -0.2) is 0 Å². The number of rotatable bonds is 5. The van der Waals surface area contributed by atoms with E-state index in [-0.39, 0.29) is 0 Å². The highest BCUT2D eigenvalue weighted by Gasteiger charge is 2.15. The molecule has 0 amide bonds. The summed E-state index contributed by atoms with van der Waals surface area (Å²) in [4.78, 5) is 0. The van der Waals surface area contributed by atoms with Crippen LogP contribution in [0.4, 0.5) is 0 Å².